The van der Waals surface area contributed by atoms with Crippen LogP contribution >= 0.6 is 24.0 Å². The number of ether oxygens (including phenoxy) is 2. The van der Waals surface area contributed by atoms with Crippen LogP contribution in [0.2, 0.25) is 0 Å². The average Bonchev–Trinajstić information content (AvgIpc) is 2.55. The zero-order valence-electron chi connectivity index (χ0n) is 14.9. The fourth-order valence-electron chi connectivity index (χ4n) is 2.26. The molecule has 0 aromatic heterocycles. The third kappa shape index (κ3) is 7.31. The minimum absolute atomic E-state index is 0. The number of nitrogens with zero attached hydrogens (tertiary/aromatic N) is 1. The van der Waals surface area contributed by atoms with Crippen molar-refractivity contribution in [2.75, 3.05) is 13.7 Å². The molecular weight excluding hydrogens is 429 g/mol. The van der Waals surface area contributed by atoms with E-state index < -0.39 is 0 Å². The first-order valence-electron chi connectivity index (χ1n) is 7.96. The molecule has 0 aliphatic rings. The molecule has 0 spiro atoms. The van der Waals surface area contributed by atoms with Gasteiger partial charge in [0.15, 0.2) is 5.96 Å². The summed E-state index contributed by atoms with van der Waals surface area (Å²) < 4.78 is 11.1. The van der Waals surface area contributed by atoms with Crippen LogP contribution < -0.4 is 15.8 Å². The minimum Gasteiger partial charge on any atom is -0.457 e. The van der Waals surface area contributed by atoms with Gasteiger partial charge in [0.25, 0.3) is 0 Å². The molecule has 2 aromatic carbocycles. The number of nitrogens with one attached hydrogen (secondary N) is 1. The van der Waals surface area contributed by atoms with Crippen LogP contribution in [-0.4, -0.2) is 25.7 Å². The molecule has 5 nitrogen and oxygen atoms in total. The van der Waals surface area contributed by atoms with Crippen molar-refractivity contribution in [1.29, 1.82) is 0 Å². The summed E-state index contributed by atoms with van der Waals surface area (Å²) in [7, 11) is 1.66. The Morgan fingerprint density at radius 1 is 1.20 bits per heavy atom. The Kier molecular flexibility index (Phi) is 9.30. The first-order chi connectivity index (χ1) is 11.6. The van der Waals surface area contributed by atoms with Crippen LogP contribution in [0, 0.1) is 6.92 Å². The molecule has 3 N–H and O–H groups in total. The summed E-state index contributed by atoms with van der Waals surface area (Å²) in [6, 6.07) is 15.9. The molecule has 1 unspecified atom stereocenters. The molecule has 2 aromatic rings. The van der Waals surface area contributed by atoms with Crippen LogP contribution in [0.15, 0.2) is 53.5 Å². The van der Waals surface area contributed by atoms with Gasteiger partial charge in [0.2, 0.25) is 0 Å². The molecule has 0 bridgehead atoms. The quantitative estimate of drug-likeness (QED) is 0.378. The molecule has 0 fully saturated rings. The van der Waals surface area contributed by atoms with E-state index in [4.69, 9.17) is 15.2 Å². The first kappa shape index (κ1) is 21.2. The highest BCUT2D eigenvalue weighted by Crippen LogP contribution is 2.27. The van der Waals surface area contributed by atoms with Gasteiger partial charge in [0.1, 0.15) is 11.5 Å². The lowest BCUT2D eigenvalue weighted by Crippen LogP contribution is -2.40. The smallest absolute Gasteiger partial charge is 0.189 e. The molecule has 0 saturated heterocycles. The van der Waals surface area contributed by atoms with Crippen molar-refractivity contribution in [3.8, 4) is 11.5 Å². The molecule has 2 rings (SSSR count). The van der Waals surface area contributed by atoms with Gasteiger partial charge in [-0.1, -0.05) is 30.3 Å². The molecule has 1 atom stereocenters. The topological polar surface area (TPSA) is 68.9 Å². The third-order valence-electron chi connectivity index (χ3n) is 3.42. The van der Waals surface area contributed by atoms with Crippen LogP contribution in [0.25, 0.3) is 0 Å². The number of aliphatic imine (C=N–C) groups is 1. The van der Waals surface area contributed by atoms with Crippen LogP contribution in [-0.2, 0) is 11.3 Å². The molecule has 0 saturated carbocycles. The largest absolute Gasteiger partial charge is 0.457 e. The Morgan fingerprint density at radius 3 is 2.60 bits per heavy atom. The van der Waals surface area contributed by atoms with Crippen molar-refractivity contribution < 1.29 is 9.47 Å². The van der Waals surface area contributed by atoms with Gasteiger partial charge >= 0.3 is 0 Å². The number of nitrogens with two attached hydrogens (primary N) is 1. The molecule has 0 amide bonds. The first-order valence-corrected chi connectivity index (χ1v) is 7.96. The van der Waals surface area contributed by atoms with E-state index in [1.165, 1.54) is 0 Å². The third-order valence-corrected chi connectivity index (χ3v) is 3.42. The van der Waals surface area contributed by atoms with Crippen LogP contribution in [0.1, 0.15) is 18.1 Å². The standard InChI is InChI=1S/C19H25N3O2.HI/c1-14-9-10-16(12-21-19(20)22-15(2)13-23-3)18(11-14)24-17-7-5-4-6-8-17;/h4-11,15H,12-13H2,1-3H3,(H3,20,21,22);1H. The highest BCUT2D eigenvalue weighted by molar-refractivity contribution is 14.0. The van der Waals surface area contributed by atoms with E-state index >= 15 is 0 Å². The SMILES string of the molecule is COCC(C)NC(N)=NCc1ccc(C)cc1Oc1ccccc1.I. The van der Waals surface area contributed by atoms with Gasteiger partial charge in [-0.3, -0.25) is 0 Å². The second kappa shape index (κ2) is 10.9. The lowest BCUT2D eigenvalue weighted by Gasteiger charge is -2.14. The average molecular weight is 455 g/mol. The summed E-state index contributed by atoms with van der Waals surface area (Å²) in [5, 5.41) is 3.09. The zero-order valence-corrected chi connectivity index (χ0v) is 17.2. The number of hydrogen-bond donors (Lipinski definition) is 2. The van der Waals surface area contributed by atoms with Crippen molar-refractivity contribution in [2.45, 2.75) is 26.4 Å². The summed E-state index contributed by atoms with van der Waals surface area (Å²) in [6.07, 6.45) is 0. The number of halogens is 1. The summed E-state index contributed by atoms with van der Waals surface area (Å²) in [4.78, 5) is 4.40. The second-order valence-corrected chi connectivity index (χ2v) is 5.73. The number of aryl methyl sites for hydroxylation is 1. The summed E-state index contributed by atoms with van der Waals surface area (Å²) in [6.45, 7) is 5.04. The highest BCUT2D eigenvalue weighted by Gasteiger charge is 2.07. The molecule has 25 heavy (non-hydrogen) atoms. The number of rotatable bonds is 7. The molecule has 0 aliphatic heterocycles. The molecule has 136 valence electrons. The Labute approximate surface area is 166 Å². The van der Waals surface area contributed by atoms with Crippen LogP contribution in [0.5, 0.6) is 11.5 Å². The maximum Gasteiger partial charge on any atom is 0.189 e. The molecule has 0 heterocycles. The molecule has 0 aliphatic carbocycles. The zero-order chi connectivity index (χ0) is 17.4. The minimum atomic E-state index is 0. The van der Waals surface area contributed by atoms with Gasteiger partial charge in [0, 0.05) is 18.7 Å². The van der Waals surface area contributed by atoms with Gasteiger partial charge in [-0.15, -0.1) is 24.0 Å². The van der Waals surface area contributed by atoms with E-state index in [1.807, 2.05) is 62.4 Å². The maximum atomic E-state index is 5.99. The fraction of sp³-hybridized carbons (Fsp3) is 0.316. The van der Waals surface area contributed by atoms with E-state index in [-0.39, 0.29) is 30.0 Å². The monoisotopic (exact) mass is 455 g/mol. The molecule has 6 heteroatoms. The van der Waals surface area contributed by atoms with Gasteiger partial charge in [0.05, 0.1) is 13.2 Å². The van der Waals surface area contributed by atoms with Crippen molar-refractivity contribution in [3.63, 3.8) is 0 Å². The molecular formula is C19H26IN3O2. The second-order valence-electron chi connectivity index (χ2n) is 5.73. The number of para-hydroxylation sites is 1. The Hall–Kier alpha value is -1.80. The maximum absolute atomic E-state index is 5.99. The van der Waals surface area contributed by atoms with Crippen molar-refractivity contribution in [1.82, 2.24) is 5.32 Å². The van der Waals surface area contributed by atoms with E-state index in [9.17, 15) is 0 Å². The fourth-order valence-corrected chi connectivity index (χ4v) is 2.26. The number of guanidine groups is 1. The number of benzene rings is 2. The normalized spacial score (nSPS) is 12.2. The number of hydrogen-bond acceptors (Lipinski definition) is 3. The van der Waals surface area contributed by atoms with Crippen molar-refractivity contribution in [2.24, 2.45) is 10.7 Å². The molecule has 0 radical (unpaired) electrons. The van der Waals surface area contributed by atoms with Crippen molar-refractivity contribution in [3.05, 3.63) is 59.7 Å². The Balaban J connectivity index is 0.00000312. The Bertz CT molecular complexity index is 678. The summed E-state index contributed by atoms with van der Waals surface area (Å²) in [5.74, 6) is 1.99. The van der Waals surface area contributed by atoms with Gasteiger partial charge in [-0.25, -0.2) is 4.99 Å². The summed E-state index contributed by atoms with van der Waals surface area (Å²) >= 11 is 0. The van der Waals surface area contributed by atoms with Gasteiger partial charge < -0.3 is 20.5 Å². The Morgan fingerprint density at radius 2 is 1.92 bits per heavy atom. The predicted molar refractivity (Wildman–Crippen MR) is 113 cm³/mol. The number of methoxy groups -OCH3 is 1. The van der Waals surface area contributed by atoms with E-state index in [1.54, 1.807) is 7.11 Å². The van der Waals surface area contributed by atoms with E-state index in [2.05, 4.69) is 10.3 Å². The van der Waals surface area contributed by atoms with Gasteiger partial charge in [-0.2, -0.15) is 0 Å². The van der Waals surface area contributed by atoms with Crippen molar-refractivity contribution >= 4 is 29.9 Å². The van der Waals surface area contributed by atoms with E-state index in [0.29, 0.717) is 19.1 Å². The lowest BCUT2D eigenvalue weighted by molar-refractivity contribution is 0.179. The van der Waals surface area contributed by atoms with E-state index in [0.717, 1.165) is 22.6 Å². The highest BCUT2D eigenvalue weighted by atomic mass is 127. The van der Waals surface area contributed by atoms with Crippen LogP contribution in [0.3, 0.4) is 0 Å². The van der Waals surface area contributed by atoms with Gasteiger partial charge in [-0.05, 0) is 37.6 Å². The summed E-state index contributed by atoms with van der Waals surface area (Å²) in [5.41, 5.74) is 8.04. The van der Waals surface area contributed by atoms with Crippen LogP contribution in [0.4, 0.5) is 0 Å². The predicted octanol–water partition coefficient (Wildman–Crippen LogP) is 3.84. The lowest BCUT2D eigenvalue weighted by atomic mass is 10.1.